The highest BCUT2D eigenvalue weighted by molar-refractivity contribution is 8.14. The van der Waals surface area contributed by atoms with Crippen LogP contribution in [0.5, 0.6) is 0 Å². The first-order valence-corrected chi connectivity index (χ1v) is 7.71. The van der Waals surface area contributed by atoms with E-state index in [-0.39, 0.29) is 5.37 Å². The Morgan fingerprint density at radius 2 is 1.90 bits per heavy atom. The molecule has 1 unspecified atom stereocenters. The molecule has 1 fully saturated rings. The van der Waals surface area contributed by atoms with Crippen LogP contribution in [0.15, 0.2) is 53.8 Å². The Kier molecular flexibility index (Phi) is 3.94. The maximum atomic E-state index is 4.75. The number of aryl methyl sites for hydroxylation is 1. The van der Waals surface area contributed by atoms with Gasteiger partial charge < -0.3 is 0 Å². The summed E-state index contributed by atoms with van der Waals surface area (Å²) in [6, 6.07) is 12.3. The Morgan fingerprint density at radius 1 is 1.14 bits per heavy atom. The van der Waals surface area contributed by atoms with Crippen molar-refractivity contribution in [1.29, 1.82) is 0 Å². The molecule has 2 aromatic rings. The van der Waals surface area contributed by atoms with Gasteiger partial charge in [-0.15, -0.1) is 0 Å². The van der Waals surface area contributed by atoms with Crippen LogP contribution in [0.3, 0.4) is 0 Å². The van der Waals surface area contributed by atoms with Crippen molar-refractivity contribution in [3.63, 3.8) is 0 Å². The number of aromatic nitrogens is 1. The highest BCUT2D eigenvalue weighted by atomic mass is 32.2. The number of thioether (sulfide) groups is 1. The molecule has 0 N–H and O–H groups in total. The van der Waals surface area contributed by atoms with Crippen LogP contribution in [0.25, 0.3) is 0 Å². The van der Waals surface area contributed by atoms with Crippen molar-refractivity contribution in [3.05, 3.63) is 59.9 Å². The molecule has 4 nitrogen and oxygen atoms in total. The Labute approximate surface area is 129 Å². The zero-order valence-electron chi connectivity index (χ0n) is 12.4. The van der Waals surface area contributed by atoms with Crippen molar-refractivity contribution in [1.82, 2.24) is 15.0 Å². The second-order valence-corrected chi connectivity index (χ2v) is 6.13. The second-order valence-electron chi connectivity index (χ2n) is 5.08. The SMILES string of the molecule is Cc1ccc(N=C2SC(c3cccnc3)N(C)N2C)cc1. The lowest BCUT2D eigenvalue weighted by atomic mass is 10.2. The maximum Gasteiger partial charge on any atom is 0.180 e. The normalized spacial score (nSPS) is 21.2. The fourth-order valence-corrected chi connectivity index (χ4v) is 3.39. The van der Waals surface area contributed by atoms with Crippen molar-refractivity contribution in [2.45, 2.75) is 12.3 Å². The van der Waals surface area contributed by atoms with E-state index in [9.17, 15) is 0 Å². The topological polar surface area (TPSA) is 31.7 Å². The van der Waals surface area contributed by atoms with Gasteiger partial charge in [0.2, 0.25) is 0 Å². The second kappa shape index (κ2) is 5.87. The van der Waals surface area contributed by atoms with E-state index in [4.69, 9.17) is 4.99 Å². The van der Waals surface area contributed by atoms with Crippen molar-refractivity contribution in [3.8, 4) is 0 Å². The summed E-state index contributed by atoms with van der Waals surface area (Å²) in [7, 11) is 4.11. The van der Waals surface area contributed by atoms with Crippen LogP contribution in [0, 0.1) is 6.92 Å². The van der Waals surface area contributed by atoms with Gasteiger partial charge in [0.05, 0.1) is 5.69 Å². The van der Waals surface area contributed by atoms with E-state index in [1.54, 1.807) is 18.0 Å². The number of hydrogen-bond acceptors (Lipinski definition) is 4. The van der Waals surface area contributed by atoms with Gasteiger partial charge >= 0.3 is 0 Å². The molecule has 2 heterocycles. The molecular weight excluding hydrogens is 280 g/mol. The largest absolute Gasteiger partial charge is 0.286 e. The quantitative estimate of drug-likeness (QED) is 0.848. The number of nitrogens with zero attached hydrogens (tertiary/aromatic N) is 4. The number of aliphatic imine (C=N–C) groups is 1. The molecule has 1 saturated heterocycles. The highest BCUT2D eigenvalue weighted by Crippen LogP contribution is 2.40. The van der Waals surface area contributed by atoms with Crippen LogP contribution in [0.4, 0.5) is 5.69 Å². The molecule has 0 radical (unpaired) electrons. The van der Waals surface area contributed by atoms with Gasteiger partial charge in [0, 0.05) is 26.5 Å². The monoisotopic (exact) mass is 298 g/mol. The first-order valence-electron chi connectivity index (χ1n) is 6.83. The van der Waals surface area contributed by atoms with Crippen molar-refractivity contribution < 1.29 is 0 Å². The maximum absolute atomic E-state index is 4.75. The van der Waals surface area contributed by atoms with Crippen LogP contribution in [0.1, 0.15) is 16.5 Å². The Hall–Kier alpha value is -1.85. The van der Waals surface area contributed by atoms with Gasteiger partial charge in [0.25, 0.3) is 0 Å². The summed E-state index contributed by atoms with van der Waals surface area (Å²) in [5.74, 6) is 0. The summed E-state index contributed by atoms with van der Waals surface area (Å²) < 4.78 is 0. The molecular formula is C16H18N4S. The van der Waals surface area contributed by atoms with Gasteiger partial charge in [0.1, 0.15) is 5.37 Å². The minimum atomic E-state index is 0.216. The molecule has 5 heteroatoms. The standard InChI is InChI=1S/C16H18N4S/c1-12-6-8-14(9-7-12)18-16-20(3)19(2)15(21-16)13-5-4-10-17-11-13/h4-11,15H,1-3H3. The third kappa shape index (κ3) is 2.94. The molecule has 0 bridgehead atoms. The molecule has 0 amide bonds. The number of rotatable bonds is 2. The molecule has 108 valence electrons. The minimum Gasteiger partial charge on any atom is -0.286 e. The average Bonchev–Trinajstić information content (AvgIpc) is 2.79. The number of hydrazine groups is 1. The van der Waals surface area contributed by atoms with Crippen LogP contribution in [-0.2, 0) is 0 Å². The molecule has 1 atom stereocenters. The fraction of sp³-hybridized carbons (Fsp3) is 0.250. The van der Waals surface area contributed by atoms with E-state index in [1.807, 2.05) is 31.4 Å². The van der Waals surface area contributed by atoms with Gasteiger partial charge in [-0.25, -0.2) is 10.0 Å². The lowest BCUT2D eigenvalue weighted by molar-refractivity contribution is 0.106. The Bertz CT molecular complexity index is 639. The lowest BCUT2D eigenvalue weighted by Crippen LogP contribution is -2.33. The summed E-state index contributed by atoms with van der Waals surface area (Å²) in [6.45, 7) is 2.08. The molecule has 0 spiro atoms. The zero-order valence-corrected chi connectivity index (χ0v) is 13.2. The first-order chi connectivity index (χ1) is 10.1. The number of pyridine rings is 1. The third-order valence-electron chi connectivity index (χ3n) is 3.53. The summed E-state index contributed by atoms with van der Waals surface area (Å²) in [5.41, 5.74) is 3.41. The van der Waals surface area contributed by atoms with E-state index in [0.717, 1.165) is 10.9 Å². The Balaban J connectivity index is 1.86. The molecule has 0 saturated carbocycles. The smallest absolute Gasteiger partial charge is 0.180 e. The molecule has 0 aliphatic carbocycles. The van der Waals surface area contributed by atoms with Crippen molar-refractivity contribution in [2.75, 3.05) is 14.1 Å². The minimum absolute atomic E-state index is 0.216. The van der Waals surface area contributed by atoms with Crippen LogP contribution >= 0.6 is 11.8 Å². The van der Waals surface area contributed by atoms with Crippen molar-refractivity contribution in [2.24, 2.45) is 4.99 Å². The molecule has 3 rings (SSSR count). The van der Waals surface area contributed by atoms with Gasteiger partial charge in [-0.2, -0.15) is 0 Å². The number of benzene rings is 1. The summed E-state index contributed by atoms with van der Waals surface area (Å²) in [5, 5.41) is 5.47. The van der Waals surface area contributed by atoms with Gasteiger partial charge in [-0.3, -0.25) is 9.99 Å². The summed E-state index contributed by atoms with van der Waals surface area (Å²) >= 11 is 1.74. The molecule has 1 aromatic carbocycles. The van der Waals surface area contributed by atoms with E-state index in [2.05, 4.69) is 47.2 Å². The highest BCUT2D eigenvalue weighted by Gasteiger charge is 2.33. The number of hydrogen-bond donors (Lipinski definition) is 0. The molecule has 1 aliphatic rings. The zero-order chi connectivity index (χ0) is 14.8. The van der Waals surface area contributed by atoms with Gasteiger partial charge in [0.15, 0.2) is 5.17 Å². The van der Waals surface area contributed by atoms with Crippen LogP contribution in [0.2, 0.25) is 0 Å². The molecule has 21 heavy (non-hydrogen) atoms. The molecule has 1 aliphatic heterocycles. The summed E-state index contributed by atoms with van der Waals surface area (Å²) in [6.07, 6.45) is 3.71. The first kappa shape index (κ1) is 14.1. The van der Waals surface area contributed by atoms with Crippen molar-refractivity contribution >= 4 is 22.6 Å². The van der Waals surface area contributed by atoms with Gasteiger partial charge in [-0.05, 0) is 30.7 Å². The van der Waals surface area contributed by atoms with Crippen LogP contribution in [-0.4, -0.2) is 34.3 Å². The lowest BCUT2D eigenvalue weighted by Gasteiger charge is -2.24. The predicted octanol–water partition coefficient (Wildman–Crippen LogP) is 3.60. The van der Waals surface area contributed by atoms with Gasteiger partial charge in [-0.1, -0.05) is 35.5 Å². The molecule has 1 aromatic heterocycles. The third-order valence-corrected chi connectivity index (χ3v) is 4.90. The van der Waals surface area contributed by atoms with E-state index < -0.39 is 0 Å². The average molecular weight is 298 g/mol. The predicted molar refractivity (Wildman–Crippen MR) is 88.4 cm³/mol. The fourth-order valence-electron chi connectivity index (χ4n) is 2.18. The number of amidine groups is 1. The van der Waals surface area contributed by atoms with E-state index >= 15 is 0 Å². The van der Waals surface area contributed by atoms with E-state index in [1.165, 1.54) is 11.1 Å². The summed E-state index contributed by atoms with van der Waals surface area (Å²) in [4.78, 5) is 8.96. The van der Waals surface area contributed by atoms with Crippen LogP contribution < -0.4 is 0 Å². The Morgan fingerprint density at radius 3 is 2.57 bits per heavy atom. The van der Waals surface area contributed by atoms with E-state index in [0.29, 0.717) is 0 Å².